The number of nitrogens with two attached hydrogens (primary N) is 1. The molecule has 2 aliphatic rings. The van der Waals surface area contributed by atoms with Crippen LogP contribution < -0.4 is 15.4 Å². The van der Waals surface area contributed by atoms with E-state index in [0.717, 1.165) is 38.4 Å². The molecule has 6 heteroatoms. The number of hydrogen-bond donors (Lipinski definition) is 1. The Morgan fingerprint density at radius 1 is 1.22 bits per heavy atom. The number of anilines is 1. The molecule has 1 aliphatic carbocycles. The Morgan fingerprint density at radius 3 is 2.78 bits per heavy atom. The van der Waals surface area contributed by atoms with Gasteiger partial charge in [-0.3, -0.25) is 9.78 Å². The molecule has 1 saturated carbocycles. The molecule has 0 radical (unpaired) electrons. The molecule has 0 spiro atoms. The third kappa shape index (κ3) is 4.56. The topological polar surface area (TPSA) is 81.3 Å². The molecule has 6 nitrogen and oxygen atoms in total. The predicted octanol–water partition coefficient (Wildman–Crippen LogP) is 2.14. The van der Waals surface area contributed by atoms with Crippen molar-refractivity contribution in [2.45, 2.75) is 44.9 Å². The van der Waals surface area contributed by atoms with Crippen LogP contribution >= 0.6 is 0 Å². The van der Waals surface area contributed by atoms with Gasteiger partial charge in [0.05, 0.1) is 19.0 Å². The van der Waals surface area contributed by atoms with Gasteiger partial charge in [-0.05, 0) is 37.5 Å². The lowest BCUT2D eigenvalue weighted by Gasteiger charge is -2.33. The fourth-order valence-electron chi connectivity index (χ4n) is 3.66. The quantitative estimate of drug-likeness (QED) is 0.869. The summed E-state index contributed by atoms with van der Waals surface area (Å²) in [6.45, 7) is 2.49. The van der Waals surface area contributed by atoms with Gasteiger partial charge < -0.3 is 15.4 Å². The maximum Gasteiger partial charge on any atom is 0.234 e. The van der Waals surface area contributed by atoms with Gasteiger partial charge in [-0.15, -0.1) is 0 Å². The van der Waals surface area contributed by atoms with Crippen molar-refractivity contribution in [3.05, 3.63) is 12.4 Å². The third-order valence-electron chi connectivity index (χ3n) is 4.87. The standard InChI is InChI=1S/C17H26N4O2/c18-15(22)8-14-6-3-7-21(11-14)16-9-19-10-17(20-16)23-12-13-4-1-2-5-13/h9-10,13-14H,1-8,11-12H2,(H2,18,22). The molecule has 23 heavy (non-hydrogen) atoms. The average molecular weight is 318 g/mol. The van der Waals surface area contributed by atoms with Crippen molar-refractivity contribution in [1.82, 2.24) is 9.97 Å². The molecule has 3 rings (SSSR count). The monoisotopic (exact) mass is 318 g/mol. The second-order valence-corrected chi connectivity index (χ2v) is 6.80. The van der Waals surface area contributed by atoms with Crippen LogP contribution in [0.15, 0.2) is 12.4 Å². The zero-order valence-corrected chi connectivity index (χ0v) is 13.6. The minimum absolute atomic E-state index is 0.225. The molecule has 2 heterocycles. The highest BCUT2D eigenvalue weighted by atomic mass is 16.5. The summed E-state index contributed by atoms with van der Waals surface area (Å²) in [5, 5.41) is 0. The van der Waals surface area contributed by atoms with E-state index < -0.39 is 0 Å². The zero-order chi connectivity index (χ0) is 16.1. The normalized spacial score (nSPS) is 22.3. The molecule has 0 bridgehead atoms. The summed E-state index contributed by atoms with van der Waals surface area (Å²) in [4.78, 5) is 22.2. The van der Waals surface area contributed by atoms with Gasteiger partial charge in [0.25, 0.3) is 0 Å². The highest BCUT2D eigenvalue weighted by molar-refractivity contribution is 5.74. The van der Waals surface area contributed by atoms with Crippen LogP contribution in [0.1, 0.15) is 44.9 Å². The maximum absolute atomic E-state index is 11.1. The molecular formula is C17H26N4O2. The largest absolute Gasteiger partial charge is 0.476 e. The number of nitrogens with zero attached hydrogens (tertiary/aromatic N) is 3. The molecule has 1 aromatic rings. The lowest BCUT2D eigenvalue weighted by molar-refractivity contribution is -0.118. The summed E-state index contributed by atoms with van der Waals surface area (Å²) in [5.41, 5.74) is 5.33. The number of aromatic nitrogens is 2. The van der Waals surface area contributed by atoms with Gasteiger partial charge in [0, 0.05) is 19.5 Å². The fraction of sp³-hybridized carbons (Fsp3) is 0.706. The molecule has 1 aliphatic heterocycles. The van der Waals surface area contributed by atoms with Gasteiger partial charge >= 0.3 is 0 Å². The maximum atomic E-state index is 11.1. The van der Waals surface area contributed by atoms with E-state index in [4.69, 9.17) is 10.5 Å². The minimum atomic E-state index is -0.225. The molecule has 0 aromatic carbocycles. The first kappa shape index (κ1) is 16.0. The summed E-state index contributed by atoms with van der Waals surface area (Å²) in [5.74, 6) is 2.19. The van der Waals surface area contributed by atoms with Gasteiger partial charge in [-0.2, -0.15) is 4.98 Å². The first-order valence-electron chi connectivity index (χ1n) is 8.69. The fourth-order valence-corrected chi connectivity index (χ4v) is 3.66. The summed E-state index contributed by atoms with van der Waals surface area (Å²) in [6, 6.07) is 0. The lowest BCUT2D eigenvalue weighted by atomic mass is 9.94. The number of carbonyl (C=O) groups excluding carboxylic acids is 1. The SMILES string of the molecule is NC(=O)CC1CCCN(c2cncc(OCC3CCCC3)n2)C1. The van der Waals surface area contributed by atoms with Crippen LogP contribution in [0.4, 0.5) is 5.82 Å². The average Bonchev–Trinajstić information content (AvgIpc) is 3.06. The van der Waals surface area contributed by atoms with E-state index in [2.05, 4.69) is 14.9 Å². The van der Waals surface area contributed by atoms with E-state index in [-0.39, 0.29) is 5.91 Å². The van der Waals surface area contributed by atoms with Crippen molar-refractivity contribution in [1.29, 1.82) is 0 Å². The Kier molecular flexibility index (Phi) is 5.31. The number of ether oxygens (including phenoxy) is 1. The van der Waals surface area contributed by atoms with Crippen molar-refractivity contribution in [3.63, 3.8) is 0 Å². The Labute approximate surface area is 137 Å². The van der Waals surface area contributed by atoms with Crippen LogP contribution in [0.3, 0.4) is 0 Å². The molecule has 1 aromatic heterocycles. The Hall–Kier alpha value is -1.85. The Balaban J connectivity index is 1.58. The first-order chi connectivity index (χ1) is 11.2. The van der Waals surface area contributed by atoms with Crippen LogP contribution in [0.25, 0.3) is 0 Å². The summed E-state index contributed by atoms with van der Waals surface area (Å²) >= 11 is 0. The summed E-state index contributed by atoms with van der Waals surface area (Å²) in [7, 11) is 0. The highest BCUT2D eigenvalue weighted by Gasteiger charge is 2.23. The number of amides is 1. The second kappa shape index (κ2) is 7.62. The molecule has 1 atom stereocenters. The number of hydrogen-bond acceptors (Lipinski definition) is 5. The Bertz CT molecular complexity index is 531. The number of primary amides is 1. The summed E-state index contributed by atoms with van der Waals surface area (Å²) in [6.07, 6.45) is 11.1. The molecule has 126 valence electrons. The second-order valence-electron chi connectivity index (χ2n) is 6.80. The highest BCUT2D eigenvalue weighted by Crippen LogP contribution is 2.26. The van der Waals surface area contributed by atoms with Crippen molar-refractivity contribution < 1.29 is 9.53 Å². The van der Waals surface area contributed by atoms with Crippen molar-refractivity contribution in [2.24, 2.45) is 17.6 Å². The lowest BCUT2D eigenvalue weighted by Crippen LogP contribution is -2.37. The zero-order valence-electron chi connectivity index (χ0n) is 13.6. The van der Waals surface area contributed by atoms with Crippen molar-refractivity contribution in [2.75, 3.05) is 24.6 Å². The first-order valence-corrected chi connectivity index (χ1v) is 8.69. The van der Waals surface area contributed by atoms with Crippen LogP contribution in [0.2, 0.25) is 0 Å². The Morgan fingerprint density at radius 2 is 2.00 bits per heavy atom. The van der Waals surface area contributed by atoms with E-state index in [1.807, 2.05) is 0 Å². The summed E-state index contributed by atoms with van der Waals surface area (Å²) < 4.78 is 5.84. The van der Waals surface area contributed by atoms with E-state index in [1.54, 1.807) is 12.4 Å². The molecule has 2 fully saturated rings. The molecule has 1 amide bonds. The smallest absolute Gasteiger partial charge is 0.234 e. The van der Waals surface area contributed by atoms with Gasteiger partial charge in [-0.1, -0.05) is 12.8 Å². The van der Waals surface area contributed by atoms with Gasteiger partial charge in [-0.25, -0.2) is 0 Å². The van der Waals surface area contributed by atoms with E-state index >= 15 is 0 Å². The van der Waals surface area contributed by atoms with Crippen LogP contribution in [0, 0.1) is 11.8 Å². The predicted molar refractivity (Wildman–Crippen MR) is 88.2 cm³/mol. The third-order valence-corrected chi connectivity index (χ3v) is 4.87. The minimum Gasteiger partial charge on any atom is -0.476 e. The molecule has 1 unspecified atom stereocenters. The van der Waals surface area contributed by atoms with Crippen LogP contribution in [-0.2, 0) is 4.79 Å². The molecular weight excluding hydrogens is 292 g/mol. The van der Waals surface area contributed by atoms with Crippen molar-refractivity contribution in [3.8, 4) is 5.88 Å². The van der Waals surface area contributed by atoms with Crippen molar-refractivity contribution >= 4 is 11.7 Å². The number of rotatable bonds is 6. The van der Waals surface area contributed by atoms with Crippen LogP contribution in [-0.4, -0.2) is 35.6 Å². The molecule has 1 saturated heterocycles. The van der Waals surface area contributed by atoms with Gasteiger partial charge in [0.2, 0.25) is 11.8 Å². The molecule has 2 N–H and O–H groups in total. The van der Waals surface area contributed by atoms with Crippen LogP contribution in [0.5, 0.6) is 5.88 Å². The van der Waals surface area contributed by atoms with E-state index in [1.165, 1.54) is 25.7 Å². The number of piperidine rings is 1. The van der Waals surface area contributed by atoms with Gasteiger partial charge in [0.15, 0.2) is 5.82 Å². The van der Waals surface area contributed by atoms with E-state index in [9.17, 15) is 4.79 Å². The van der Waals surface area contributed by atoms with E-state index in [0.29, 0.717) is 24.1 Å². The number of carbonyl (C=O) groups is 1. The van der Waals surface area contributed by atoms with Gasteiger partial charge in [0.1, 0.15) is 0 Å².